The second-order valence-electron chi connectivity index (χ2n) is 9.39. The number of carbonyl (C=O) groups excluding carboxylic acids is 2. The minimum atomic E-state index is -4.43. The number of ether oxygens (including phenoxy) is 1. The van der Waals surface area contributed by atoms with Crippen molar-refractivity contribution in [1.29, 1.82) is 0 Å². The van der Waals surface area contributed by atoms with Crippen LogP contribution in [-0.4, -0.2) is 27.0 Å². The molecule has 2 aromatic carbocycles. The molecule has 0 bridgehead atoms. The van der Waals surface area contributed by atoms with Crippen LogP contribution >= 0.6 is 23.1 Å². The van der Waals surface area contributed by atoms with Gasteiger partial charge < -0.3 is 20.7 Å². The molecule has 13 heteroatoms. The summed E-state index contributed by atoms with van der Waals surface area (Å²) in [5.41, 5.74) is 0.677. The van der Waals surface area contributed by atoms with Gasteiger partial charge in [-0.2, -0.15) is 17.5 Å². The molecule has 3 N–H and O–H groups in total. The second-order valence-corrected chi connectivity index (χ2v) is 10.6. The third-order valence-electron chi connectivity index (χ3n) is 5.19. The van der Waals surface area contributed by atoms with Gasteiger partial charge in [0.25, 0.3) is 5.91 Å². The number of nitrogens with zero attached hydrogens (tertiary/aromatic N) is 2. The van der Waals surface area contributed by atoms with Crippen molar-refractivity contribution < 1.29 is 27.5 Å². The maximum atomic E-state index is 13.1. The van der Waals surface area contributed by atoms with Crippen molar-refractivity contribution >= 4 is 62.5 Å². The zero-order valence-corrected chi connectivity index (χ0v) is 22.5. The van der Waals surface area contributed by atoms with E-state index in [0.717, 1.165) is 23.7 Å². The molecule has 0 saturated carbocycles. The lowest BCUT2D eigenvalue weighted by atomic mass is 10.1. The number of amides is 2. The molecule has 39 heavy (non-hydrogen) atoms. The summed E-state index contributed by atoms with van der Waals surface area (Å²) < 4.78 is 48.6. The molecule has 0 atom stereocenters. The lowest BCUT2D eigenvalue weighted by Gasteiger charge is -2.19. The first kappa shape index (κ1) is 28.1. The number of anilines is 3. The first-order valence-electron chi connectivity index (χ1n) is 11.6. The number of pyridine rings is 1. The molecule has 0 aliphatic rings. The number of benzene rings is 2. The maximum absolute atomic E-state index is 13.1. The van der Waals surface area contributed by atoms with Gasteiger partial charge in [0, 0.05) is 18.4 Å². The number of nitrogens with one attached hydrogen (secondary N) is 3. The summed E-state index contributed by atoms with van der Waals surface area (Å²) in [7, 11) is 0. The van der Waals surface area contributed by atoms with Crippen LogP contribution < -0.4 is 16.0 Å². The SMILES string of the molecule is CC(C)(C)OC(=O)NCc1ccc(Cl)c(C(=O)Nc2ccnc3c(Nc4ccc(C(F)(F)F)cc4)nsc23)c1. The van der Waals surface area contributed by atoms with Gasteiger partial charge in [-0.25, -0.2) is 4.79 Å². The van der Waals surface area contributed by atoms with E-state index in [1.165, 1.54) is 18.3 Å². The van der Waals surface area contributed by atoms with Crippen LogP contribution in [0.15, 0.2) is 54.7 Å². The van der Waals surface area contributed by atoms with E-state index in [1.807, 2.05) is 0 Å². The quantitative estimate of drug-likeness (QED) is 0.221. The van der Waals surface area contributed by atoms with E-state index in [-0.39, 0.29) is 17.1 Å². The summed E-state index contributed by atoms with van der Waals surface area (Å²) in [4.78, 5) is 29.4. The van der Waals surface area contributed by atoms with Gasteiger partial charge in [-0.3, -0.25) is 9.78 Å². The molecule has 0 radical (unpaired) electrons. The standard InChI is InChI=1S/C26H23ClF3N5O3S/c1-25(2,3)38-24(37)32-13-14-4-9-18(27)17(12-14)23(36)34-19-10-11-31-20-21(19)39-35-22(20)33-16-7-5-15(6-8-16)26(28,29)30/h4-12H,13H2,1-3H3,(H,32,37)(H,33,35)(H,31,34,36). The number of aromatic nitrogens is 2. The molecule has 0 unspecified atom stereocenters. The Morgan fingerprint density at radius 1 is 1.05 bits per heavy atom. The topological polar surface area (TPSA) is 105 Å². The van der Waals surface area contributed by atoms with Gasteiger partial charge >= 0.3 is 12.3 Å². The highest BCUT2D eigenvalue weighted by molar-refractivity contribution is 7.14. The highest BCUT2D eigenvalue weighted by Gasteiger charge is 2.30. The lowest BCUT2D eigenvalue weighted by molar-refractivity contribution is -0.137. The first-order chi connectivity index (χ1) is 18.3. The molecule has 4 rings (SSSR count). The number of halogens is 4. The Kier molecular flexibility index (Phi) is 7.98. The minimum Gasteiger partial charge on any atom is -0.444 e. The molecule has 0 aliphatic heterocycles. The molecule has 2 heterocycles. The third-order valence-corrected chi connectivity index (χ3v) is 6.39. The fraction of sp³-hybridized carbons (Fsp3) is 0.231. The van der Waals surface area contributed by atoms with E-state index in [2.05, 4.69) is 25.3 Å². The van der Waals surface area contributed by atoms with Gasteiger partial charge in [-0.05, 0) is 80.3 Å². The van der Waals surface area contributed by atoms with Gasteiger partial charge in [0.15, 0.2) is 5.82 Å². The predicted octanol–water partition coefficient (Wildman–Crippen LogP) is 7.38. The first-order valence-corrected chi connectivity index (χ1v) is 12.7. The van der Waals surface area contributed by atoms with Crippen LogP contribution in [0.3, 0.4) is 0 Å². The number of carbonyl (C=O) groups is 2. The smallest absolute Gasteiger partial charge is 0.416 e. The molecular weight excluding hydrogens is 555 g/mol. The van der Waals surface area contributed by atoms with E-state index in [0.29, 0.717) is 33.0 Å². The Bertz CT molecular complexity index is 1520. The molecule has 8 nitrogen and oxygen atoms in total. The van der Waals surface area contributed by atoms with Crippen molar-refractivity contribution in [3.05, 3.63) is 76.4 Å². The van der Waals surface area contributed by atoms with Crippen LogP contribution in [0.1, 0.15) is 42.3 Å². The summed E-state index contributed by atoms with van der Waals surface area (Å²) in [5.74, 6) is -0.156. The number of fused-ring (bicyclic) bond motifs is 1. The van der Waals surface area contributed by atoms with Crippen molar-refractivity contribution in [2.24, 2.45) is 0 Å². The lowest BCUT2D eigenvalue weighted by Crippen LogP contribution is -2.32. The number of hydrogen-bond donors (Lipinski definition) is 3. The fourth-order valence-electron chi connectivity index (χ4n) is 3.44. The summed E-state index contributed by atoms with van der Waals surface area (Å²) >= 11 is 7.35. The Balaban J connectivity index is 1.49. The van der Waals surface area contributed by atoms with Gasteiger partial charge in [-0.15, -0.1) is 0 Å². The maximum Gasteiger partial charge on any atom is 0.416 e. The van der Waals surface area contributed by atoms with Gasteiger partial charge in [0.05, 0.1) is 26.5 Å². The van der Waals surface area contributed by atoms with E-state index < -0.39 is 29.3 Å². The van der Waals surface area contributed by atoms with Crippen molar-refractivity contribution in [1.82, 2.24) is 14.7 Å². The molecule has 0 fully saturated rings. The summed E-state index contributed by atoms with van der Waals surface area (Å²) in [6.07, 6.45) is -3.54. The molecule has 0 spiro atoms. The summed E-state index contributed by atoms with van der Waals surface area (Å²) in [6.45, 7) is 5.39. The number of alkyl carbamates (subject to hydrolysis) is 1. The Morgan fingerprint density at radius 2 is 1.77 bits per heavy atom. The number of rotatable bonds is 6. The van der Waals surface area contributed by atoms with E-state index >= 15 is 0 Å². The average molecular weight is 578 g/mol. The van der Waals surface area contributed by atoms with Crippen LogP contribution in [0.25, 0.3) is 10.2 Å². The van der Waals surface area contributed by atoms with E-state index in [1.54, 1.807) is 45.0 Å². The second kappa shape index (κ2) is 11.1. The van der Waals surface area contributed by atoms with E-state index in [4.69, 9.17) is 16.3 Å². The molecule has 2 amide bonds. The van der Waals surface area contributed by atoms with Crippen molar-refractivity contribution in [2.45, 2.75) is 39.1 Å². The van der Waals surface area contributed by atoms with Crippen molar-refractivity contribution in [2.75, 3.05) is 10.6 Å². The largest absolute Gasteiger partial charge is 0.444 e. The average Bonchev–Trinajstić information content (AvgIpc) is 3.26. The zero-order valence-electron chi connectivity index (χ0n) is 20.9. The highest BCUT2D eigenvalue weighted by atomic mass is 35.5. The van der Waals surface area contributed by atoms with Crippen LogP contribution in [0.4, 0.5) is 35.2 Å². The van der Waals surface area contributed by atoms with Crippen molar-refractivity contribution in [3.63, 3.8) is 0 Å². The minimum absolute atomic E-state index is 0.125. The molecule has 0 aliphatic carbocycles. The van der Waals surface area contributed by atoms with Gasteiger partial charge in [-0.1, -0.05) is 17.7 Å². The molecule has 2 aromatic heterocycles. The van der Waals surface area contributed by atoms with Crippen LogP contribution in [-0.2, 0) is 17.5 Å². The molecule has 204 valence electrons. The van der Waals surface area contributed by atoms with Crippen LogP contribution in [0.2, 0.25) is 5.02 Å². The number of alkyl halides is 3. The zero-order chi connectivity index (χ0) is 28.4. The fourth-order valence-corrected chi connectivity index (χ4v) is 4.41. The van der Waals surface area contributed by atoms with Gasteiger partial charge in [0.2, 0.25) is 0 Å². The molecule has 0 saturated heterocycles. The normalized spacial score (nSPS) is 11.8. The van der Waals surface area contributed by atoms with Crippen LogP contribution in [0.5, 0.6) is 0 Å². The predicted molar refractivity (Wildman–Crippen MR) is 145 cm³/mol. The molecule has 4 aromatic rings. The third kappa shape index (κ3) is 7.15. The Morgan fingerprint density at radius 3 is 2.44 bits per heavy atom. The Labute approximate surface area is 230 Å². The Hall–Kier alpha value is -3.90. The highest BCUT2D eigenvalue weighted by Crippen LogP contribution is 2.34. The van der Waals surface area contributed by atoms with E-state index in [9.17, 15) is 22.8 Å². The molecular formula is C26H23ClF3N5O3S. The van der Waals surface area contributed by atoms with Crippen LogP contribution in [0, 0.1) is 0 Å². The number of hydrogen-bond acceptors (Lipinski definition) is 7. The summed E-state index contributed by atoms with van der Waals surface area (Å²) in [6, 6.07) is 10.9. The monoisotopic (exact) mass is 577 g/mol. The summed E-state index contributed by atoms with van der Waals surface area (Å²) in [5, 5.41) is 8.62. The van der Waals surface area contributed by atoms with Crippen molar-refractivity contribution in [3.8, 4) is 0 Å². The van der Waals surface area contributed by atoms with Gasteiger partial charge in [0.1, 0.15) is 11.1 Å².